The van der Waals surface area contributed by atoms with Gasteiger partial charge in [0.1, 0.15) is 0 Å². The number of rotatable bonds is 8. The summed E-state index contributed by atoms with van der Waals surface area (Å²) in [5.41, 5.74) is 0. The van der Waals surface area contributed by atoms with E-state index in [1.165, 1.54) is 12.8 Å². The molecule has 0 bridgehead atoms. The van der Waals surface area contributed by atoms with Crippen LogP contribution in [-0.4, -0.2) is 23.0 Å². The third-order valence-electron chi connectivity index (χ3n) is 3.23. The predicted molar refractivity (Wildman–Crippen MR) is 65.6 cm³/mol. The van der Waals surface area contributed by atoms with Gasteiger partial charge in [0.15, 0.2) is 0 Å². The minimum Gasteiger partial charge on any atom is -0.481 e. The predicted octanol–water partition coefficient (Wildman–Crippen LogP) is 2.18. The normalized spacial score (nSPS) is 18.5. The van der Waals surface area contributed by atoms with Crippen molar-refractivity contribution in [2.24, 2.45) is 11.8 Å². The molecule has 1 rings (SSSR count). The van der Waals surface area contributed by atoms with Crippen LogP contribution < -0.4 is 5.32 Å². The lowest BCUT2D eigenvalue weighted by molar-refractivity contribution is -0.138. The van der Waals surface area contributed by atoms with E-state index in [-0.39, 0.29) is 24.3 Å². The molecule has 0 aliphatic heterocycles. The Morgan fingerprint density at radius 2 is 2.00 bits per heavy atom. The zero-order valence-corrected chi connectivity index (χ0v) is 10.7. The number of nitrogens with one attached hydrogen (secondary N) is 1. The topological polar surface area (TPSA) is 66.4 Å². The Balaban J connectivity index is 2.23. The molecule has 1 aliphatic carbocycles. The summed E-state index contributed by atoms with van der Waals surface area (Å²) in [6, 6.07) is 0.270. The van der Waals surface area contributed by atoms with E-state index in [9.17, 15) is 9.59 Å². The van der Waals surface area contributed by atoms with Gasteiger partial charge in [0.05, 0.1) is 0 Å². The highest BCUT2D eigenvalue weighted by atomic mass is 16.4. The highest BCUT2D eigenvalue weighted by Gasteiger charge is 2.25. The van der Waals surface area contributed by atoms with Crippen LogP contribution in [0.2, 0.25) is 0 Å². The number of carbonyl (C=O) groups is 2. The van der Waals surface area contributed by atoms with Crippen LogP contribution in [0.1, 0.15) is 52.4 Å². The van der Waals surface area contributed by atoms with Gasteiger partial charge in [0.25, 0.3) is 0 Å². The van der Waals surface area contributed by atoms with Crippen LogP contribution in [0.3, 0.4) is 0 Å². The van der Waals surface area contributed by atoms with Gasteiger partial charge < -0.3 is 10.4 Å². The van der Waals surface area contributed by atoms with E-state index in [0.717, 1.165) is 18.8 Å². The molecule has 17 heavy (non-hydrogen) atoms. The average Bonchev–Trinajstić information content (AvgIpc) is 2.98. The molecular formula is C13H23NO3. The number of hydrogen-bond acceptors (Lipinski definition) is 2. The Hall–Kier alpha value is -1.06. The highest BCUT2D eigenvalue weighted by Crippen LogP contribution is 2.34. The molecule has 4 nitrogen and oxygen atoms in total. The summed E-state index contributed by atoms with van der Waals surface area (Å²) >= 11 is 0. The highest BCUT2D eigenvalue weighted by molar-refractivity contribution is 5.77. The fraction of sp³-hybridized carbons (Fsp3) is 0.846. The molecule has 0 saturated heterocycles. The summed E-state index contributed by atoms with van der Waals surface area (Å²) in [6.07, 6.45) is 5.00. The van der Waals surface area contributed by atoms with Crippen molar-refractivity contribution in [2.45, 2.75) is 58.4 Å². The summed E-state index contributed by atoms with van der Waals surface area (Å²) in [5, 5.41) is 11.6. The monoisotopic (exact) mass is 241 g/mol. The van der Waals surface area contributed by atoms with Gasteiger partial charge in [-0.15, -0.1) is 0 Å². The van der Waals surface area contributed by atoms with Crippen molar-refractivity contribution in [1.82, 2.24) is 5.32 Å². The Bertz CT molecular complexity index is 274. The zero-order valence-electron chi connectivity index (χ0n) is 10.7. The average molecular weight is 241 g/mol. The summed E-state index contributed by atoms with van der Waals surface area (Å²) in [5.74, 6) is -0.135. The maximum atomic E-state index is 11.7. The lowest BCUT2D eigenvalue weighted by Crippen LogP contribution is -2.35. The lowest BCUT2D eigenvalue weighted by atomic mass is 10.0. The van der Waals surface area contributed by atoms with Crippen molar-refractivity contribution in [3.8, 4) is 0 Å². The molecule has 0 aromatic heterocycles. The van der Waals surface area contributed by atoms with Crippen molar-refractivity contribution in [1.29, 1.82) is 0 Å². The van der Waals surface area contributed by atoms with Crippen LogP contribution in [0.25, 0.3) is 0 Å². The van der Waals surface area contributed by atoms with E-state index >= 15 is 0 Å². The molecule has 2 unspecified atom stereocenters. The van der Waals surface area contributed by atoms with E-state index in [4.69, 9.17) is 5.11 Å². The zero-order chi connectivity index (χ0) is 12.8. The SMILES string of the molecule is CCC(CC1CC1)NC(=O)CC(C)CC(=O)O. The van der Waals surface area contributed by atoms with Crippen molar-refractivity contribution in [3.63, 3.8) is 0 Å². The fourth-order valence-corrected chi connectivity index (χ4v) is 2.06. The number of carboxylic acids is 1. The summed E-state index contributed by atoms with van der Waals surface area (Å²) in [7, 11) is 0. The molecule has 1 aliphatic rings. The number of carboxylic acid groups (broad SMARTS) is 1. The molecule has 0 spiro atoms. The standard InChI is InChI=1S/C13H23NO3/c1-3-11(8-10-4-5-10)14-12(15)6-9(2)7-13(16)17/h9-11H,3-8H2,1-2H3,(H,14,15)(H,16,17). The van der Waals surface area contributed by atoms with Crippen molar-refractivity contribution >= 4 is 11.9 Å². The first-order chi connectivity index (χ1) is 8.01. The number of hydrogen-bond donors (Lipinski definition) is 2. The summed E-state index contributed by atoms with van der Waals surface area (Å²) in [6.45, 7) is 3.88. The van der Waals surface area contributed by atoms with E-state index in [1.54, 1.807) is 6.92 Å². The third-order valence-corrected chi connectivity index (χ3v) is 3.23. The third kappa shape index (κ3) is 6.29. The molecule has 1 saturated carbocycles. The quantitative estimate of drug-likeness (QED) is 0.684. The molecule has 2 N–H and O–H groups in total. The molecule has 0 aromatic carbocycles. The van der Waals surface area contributed by atoms with E-state index in [2.05, 4.69) is 12.2 Å². The lowest BCUT2D eigenvalue weighted by Gasteiger charge is -2.17. The van der Waals surface area contributed by atoms with Gasteiger partial charge >= 0.3 is 5.97 Å². The van der Waals surface area contributed by atoms with Gasteiger partial charge in [-0.2, -0.15) is 0 Å². The van der Waals surface area contributed by atoms with Gasteiger partial charge in [-0.05, 0) is 24.7 Å². The minimum atomic E-state index is -0.838. The Kier molecular flexibility index (Phi) is 5.45. The molecule has 4 heteroatoms. The van der Waals surface area contributed by atoms with Gasteiger partial charge in [0, 0.05) is 18.9 Å². The Labute approximate surface area is 103 Å². The van der Waals surface area contributed by atoms with E-state index in [0.29, 0.717) is 6.42 Å². The van der Waals surface area contributed by atoms with Crippen LogP contribution >= 0.6 is 0 Å². The number of carbonyl (C=O) groups excluding carboxylic acids is 1. The van der Waals surface area contributed by atoms with Gasteiger partial charge in [-0.1, -0.05) is 26.7 Å². The molecule has 1 amide bonds. The molecule has 98 valence electrons. The maximum Gasteiger partial charge on any atom is 0.303 e. The van der Waals surface area contributed by atoms with Crippen LogP contribution in [0, 0.1) is 11.8 Å². The summed E-state index contributed by atoms with van der Waals surface area (Å²) in [4.78, 5) is 22.2. The molecule has 1 fully saturated rings. The van der Waals surface area contributed by atoms with Gasteiger partial charge in [0.2, 0.25) is 5.91 Å². The van der Waals surface area contributed by atoms with Gasteiger partial charge in [-0.3, -0.25) is 9.59 Å². The smallest absolute Gasteiger partial charge is 0.303 e. The van der Waals surface area contributed by atoms with Crippen LogP contribution in [0.4, 0.5) is 0 Å². The van der Waals surface area contributed by atoms with Crippen molar-refractivity contribution in [3.05, 3.63) is 0 Å². The van der Waals surface area contributed by atoms with Crippen LogP contribution in [0.15, 0.2) is 0 Å². The molecule has 2 atom stereocenters. The second-order valence-electron chi connectivity index (χ2n) is 5.26. The maximum absolute atomic E-state index is 11.7. The first-order valence-corrected chi connectivity index (χ1v) is 6.52. The van der Waals surface area contributed by atoms with Crippen LogP contribution in [0.5, 0.6) is 0 Å². The number of aliphatic carboxylic acids is 1. The first kappa shape index (κ1) is 14.0. The Morgan fingerprint density at radius 1 is 1.35 bits per heavy atom. The van der Waals surface area contributed by atoms with Crippen LogP contribution in [-0.2, 0) is 9.59 Å². The van der Waals surface area contributed by atoms with E-state index in [1.807, 2.05) is 0 Å². The van der Waals surface area contributed by atoms with E-state index < -0.39 is 5.97 Å². The molecule has 0 aromatic rings. The number of amides is 1. The first-order valence-electron chi connectivity index (χ1n) is 6.52. The molecular weight excluding hydrogens is 218 g/mol. The molecule has 0 radical (unpaired) electrons. The van der Waals surface area contributed by atoms with Crippen molar-refractivity contribution < 1.29 is 14.7 Å². The molecule has 0 heterocycles. The summed E-state index contributed by atoms with van der Waals surface area (Å²) < 4.78 is 0. The minimum absolute atomic E-state index is 0.00810. The van der Waals surface area contributed by atoms with Gasteiger partial charge in [-0.25, -0.2) is 0 Å². The van der Waals surface area contributed by atoms with Crippen molar-refractivity contribution in [2.75, 3.05) is 0 Å². The second kappa shape index (κ2) is 6.62. The largest absolute Gasteiger partial charge is 0.481 e. The fourth-order valence-electron chi connectivity index (χ4n) is 2.06. The Morgan fingerprint density at radius 3 is 2.47 bits per heavy atom. The second-order valence-corrected chi connectivity index (χ2v) is 5.26.